The van der Waals surface area contributed by atoms with E-state index in [1.807, 2.05) is 4.90 Å². The SMILES string of the molecule is CC(C)(Br)C(=O)OCCN(CCO)CCO. The van der Waals surface area contributed by atoms with E-state index in [9.17, 15) is 4.79 Å². The highest BCUT2D eigenvalue weighted by Gasteiger charge is 2.25. The molecular formula is C10H20BrNO4. The molecule has 0 aromatic heterocycles. The van der Waals surface area contributed by atoms with Crippen LogP contribution in [-0.2, 0) is 9.53 Å². The third-order valence-corrected chi connectivity index (χ3v) is 2.28. The lowest BCUT2D eigenvalue weighted by Gasteiger charge is -2.21. The van der Waals surface area contributed by atoms with Crippen LogP contribution in [0.3, 0.4) is 0 Å². The molecule has 0 saturated heterocycles. The Bertz CT molecular complexity index is 199. The molecule has 0 amide bonds. The lowest BCUT2D eigenvalue weighted by atomic mass is 10.2. The van der Waals surface area contributed by atoms with Crippen LogP contribution in [0, 0.1) is 0 Å². The molecule has 0 aliphatic rings. The predicted molar refractivity (Wildman–Crippen MR) is 64.6 cm³/mol. The summed E-state index contributed by atoms with van der Waals surface area (Å²) >= 11 is 3.20. The number of carbonyl (C=O) groups is 1. The fraction of sp³-hybridized carbons (Fsp3) is 0.900. The van der Waals surface area contributed by atoms with Crippen LogP contribution in [-0.4, -0.2) is 64.9 Å². The molecule has 0 radical (unpaired) electrons. The second-order valence-corrected chi connectivity index (χ2v) is 5.88. The van der Waals surface area contributed by atoms with E-state index < -0.39 is 4.32 Å². The van der Waals surface area contributed by atoms with Crippen molar-refractivity contribution in [2.75, 3.05) is 39.5 Å². The summed E-state index contributed by atoms with van der Waals surface area (Å²) in [5.74, 6) is -0.319. The summed E-state index contributed by atoms with van der Waals surface area (Å²) in [6.07, 6.45) is 0. The van der Waals surface area contributed by atoms with Crippen molar-refractivity contribution in [1.82, 2.24) is 4.90 Å². The number of rotatable bonds is 8. The monoisotopic (exact) mass is 297 g/mol. The molecule has 0 bridgehead atoms. The lowest BCUT2D eigenvalue weighted by molar-refractivity contribution is -0.145. The van der Waals surface area contributed by atoms with Crippen molar-refractivity contribution >= 4 is 21.9 Å². The van der Waals surface area contributed by atoms with Crippen molar-refractivity contribution < 1.29 is 19.7 Å². The number of aliphatic hydroxyl groups is 2. The van der Waals surface area contributed by atoms with Gasteiger partial charge in [0.15, 0.2) is 0 Å². The van der Waals surface area contributed by atoms with Gasteiger partial charge in [-0.05, 0) is 13.8 Å². The van der Waals surface area contributed by atoms with Crippen molar-refractivity contribution in [3.63, 3.8) is 0 Å². The molecule has 16 heavy (non-hydrogen) atoms. The maximum Gasteiger partial charge on any atom is 0.322 e. The van der Waals surface area contributed by atoms with Gasteiger partial charge in [0.05, 0.1) is 13.2 Å². The summed E-state index contributed by atoms with van der Waals surface area (Å²) in [4.78, 5) is 13.2. The molecule has 0 aliphatic heterocycles. The molecule has 0 fully saturated rings. The molecule has 0 unspecified atom stereocenters. The molecular weight excluding hydrogens is 278 g/mol. The smallest absolute Gasteiger partial charge is 0.322 e. The van der Waals surface area contributed by atoms with Crippen LogP contribution < -0.4 is 0 Å². The van der Waals surface area contributed by atoms with Gasteiger partial charge >= 0.3 is 5.97 Å². The van der Waals surface area contributed by atoms with Crippen LogP contribution in [0.1, 0.15) is 13.8 Å². The van der Waals surface area contributed by atoms with Gasteiger partial charge in [-0.1, -0.05) is 15.9 Å². The zero-order valence-electron chi connectivity index (χ0n) is 9.78. The Balaban J connectivity index is 3.81. The molecule has 5 nitrogen and oxygen atoms in total. The van der Waals surface area contributed by atoms with Crippen molar-refractivity contribution in [2.24, 2.45) is 0 Å². The number of ether oxygens (including phenoxy) is 1. The van der Waals surface area contributed by atoms with Gasteiger partial charge in [-0.15, -0.1) is 0 Å². The van der Waals surface area contributed by atoms with Crippen LogP contribution in [0.15, 0.2) is 0 Å². The van der Waals surface area contributed by atoms with Crippen molar-refractivity contribution in [3.8, 4) is 0 Å². The first kappa shape index (κ1) is 15.8. The van der Waals surface area contributed by atoms with Crippen LogP contribution in [0.2, 0.25) is 0 Å². The Morgan fingerprint density at radius 1 is 1.25 bits per heavy atom. The summed E-state index contributed by atoms with van der Waals surface area (Å²) in [5, 5.41) is 17.5. The summed E-state index contributed by atoms with van der Waals surface area (Å²) < 4.78 is 4.36. The summed E-state index contributed by atoms with van der Waals surface area (Å²) in [6, 6.07) is 0. The standard InChI is InChI=1S/C10H20BrNO4/c1-10(2,11)9(15)16-8-5-12(3-6-13)4-7-14/h13-14H,3-8H2,1-2H3. The first-order chi connectivity index (χ1) is 7.41. The number of hydrogen-bond acceptors (Lipinski definition) is 5. The highest BCUT2D eigenvalue weighted by molar-refractivity contribution is 9.10. The van der Waals surface area contributed by atoms with E-state index >= 15 is 0 Å². The van der Waals surface area contributed by atoms with Crippen LogP contribution in [0.4, 0.5) is 0 Å². The molecule has 0 rings (SSSR count). The topological polar surface area (TPSA) is 70.0 Å². The number of hydrogen-bond donors (Lipinski definition) is 2. The normalized spacial score (nSPS) is 11.9. The number of carbonyl (C=O) groups excluding carboxylic acids is 1. The Kier molecular flexibility index (Phi) is 7.91. The summed E-state index contributed by atoms with van der Waals surface area (Å²) in [7, 11) is 0. The largest absolute Gasteiger partial charge is 0.463 e. The molecule has 0 atom stereocenters. The molecule has 0 aromatic carbocycles. The molecule has 0 aromatic rings. The average molecular weight is 298 g/mol. The fourth-order valence-corrected chi connectivity index (χ4v) is 1.17. The number of nitrogens with zero attached hydrogens (tertiary/aromatic N) is 1. The Morgan fingerprint density at radius 2 is 1.75 bits per heavy atom. The van der Waals surface area contributed by atoms with Gasteiger partial charge in [-0.25, -0.2) is 0 Å². The molecule has 96 valence electrons. The third kappa shape index (κ3) is 7.16. The lowest BCUT2D eigenvalue weighted by Crippen LogP contribution is -2.35. The minimum Gasteiger partial charge on any atom is -0.463 e. The number of alkyl halides is 1. The van der Waals surface area contributed by atoms with Crippen molar-refractivity contribution in [3.05, 3.63) is 0 Å². The van der Waals surface area contributed by atoms with Gasteiger partial charge in [-0.3, -0.25) is 9.69 Å². The molecule has 6 heteroatoms. The van der Waals surface area contributed by atoms with E-state index in [2.05, 4.69) is 15.9 Å². The minimum absolute atomic E-state index is 0.0257. The Morgan fingerprint density at radius 3 is 2.12 bits per heavy atom. The van der Waals surface area contributed by atoms with E-state index in [-0.39, 0.29) is 25.8 Å². The van der Waals surface area contributed by atoms with E-state index in [1.165, 1.54) is 0 Å². The number of esters is 1. The van der Waals surface area contributed by atoms with Crippen molar-refractivity contribution in [2.45, 2.75) is 18.2 Å². The molecule has 2 N–H and O–H groups in total. The highest BCUT2D eigenvalue weighted by atomic mass is 79.9. The average Bonchev–Trinajstić information content (AvgIpc) is 2.16. The van der Waals surface area contributed by atoms with E-state index in [0.717, 1.165) is 0 Å². The quantitative estimate of drug-likeness (QED) is 0.487. The maximum absolute atomic E-state index is 11.4. The second kappa shape index (κ2) is 8.00. The summed E-state index contributed by atoms with van der Waals surface area (Å²) in [6.45, 7) is 5.19. The van der Waals surface area contributed by atoms with Crippen LogP contribution in [0.5, 0.6) is 0 Å². The predicted octanol–water partition coefficient (Wildman–Crippen LogP) is -0.0103. The number of halogens is 1. The molecule has 0 aliphatic carbocycles. The Hall–Kier alpha value is -0.170. The summed E-state index contributed by atoms with van der Waals surface area (Å²) in [5.41, 5.74) is 0. The molecule has 0 saturated carbocycles. The fourth-order valence-electron chi connectivity index (χ4n) is 1.06. The van der Waals surface area contributed by atoms with Gasteiger partial charge in [0.2, 0.25) is 0 Å². The zero-order valence-corrected chi connectivity index (χ0v) is 11.4. The number of aliphatic hydroxyl groups excluding tert-OH is 2. The van der Waals surface area contributed by atoms with Gasteiger partial charge in [0.1, 0.15) is 10.9 Å². The van der Waals surface area contributed by atoms with Crippen LogP contribution >= 0.6 is 15.9 Å². The van der Waals surface area contributed by atoms with Gasteiger partial charge in [0.25, 0.3) is 0 Å². The molecule has 0 spiro atoms. The Labute approximate surface area is 105 Å². The second-order valence-electron chi connectivity index (χ2n) is 3.90. The highest BCUT2D eigenvalue weighted by Crippen LogP contribution is 2.17. The molecule has 0 heterocycles. The van der Waals surface area contributed by atoms with E-state index in [1.54, 1.807) is 13.8 Å². The minimum atomic E-state index is -0.675. The van der Waals surface area contributed by atoms with Gasteiger partial charge in [0, 0.05) is 19.6 Å². The maximum atomic E-state index is 11.4. The van der Waals surface area contributed by atoms with Gasteiger partial charge < -0.3 is 14.9 Å². The zero-order chi connectivity index (χ0) is 12.6. The first-order valence-electron chi connectivity index (χ1n) is 5.22. The third-order valence-electron chi connectivity index (χ3n) is 1.96. The first-order valence-corrected chi connectivity index (χ1v) is 6.01. The van der Waals surface area contributed by atoms with Crippen LogP contribution in [0.25, 0.3) is 0 Å². The van der Waals surface area contributed by atoms with E-state index in [0.29, 0.717) is 19.6 Å². The van der Waals surface area contributed by atoms with Gasteiger partial charge in [-0.2, -0.15) is 0 Å². The van der Waals surface area contributed by atoms with Crippen molar-refractivity contribution in [1.29, 1.82) is 0 Å². The van der Waals surface area contributed by atoms with E-state index in [4.69, 9.17) is 14.9 Å².